The molecule has 0 saturated heterocycles. The van der Waals surface area contributed by atoms with Gasteiger partial charge in [-0.05, 0) is 118 Å². The minimum Gasteiger partial charge on any atom is -0.444 e. The zero-order valence-corrected chi connectivity index (χ0v) is 29.3. The topological polar surface area (TPSA) is 168 Å². The molecule has 1 aliphatic rings. The molecule has 0 aliphatic heterocycles. The Morgan fingerprint density at radius 1 is 0.960 bits per heavy atom. The summed E-state index contributed by atoms with van der Waals surface area (Å²) in [4.78, 5) is 51.6. The predicted molar refractivity (Wildman–Crippen MR) is 190 cm³/mol. The van der Waals surface area contributed by atoms with Gasteiger partial charge in [-0.2, -0.15) is 5.21 Å². The highest BCUT2D eigenvalue weighted by atomic mass is 35.5. The number of nitrogens with one attached hydrogen (secondary N) is 4. The van der Waals surface area contributed by atoms with Crippen LogP contribution in [0.25, 0.3) is 22.5 Å². The lowest BCUT2D eigenvalue weighted by molar-refractivity contribution is -0.130. The van der Waals surface area contributed by atoms with Gasteiger partial charge in [0.25, 0.3) is 0 Å². The number of H-pyrrole nitrogens is 1. The van der Waals surface area contributed by atoms with Gasteiger partial charge in [0.15, 0.2) is 5.78 Å². The molecular weight excluding hydrogens is 658 g/mol. The van der Waals surface area contributed by atoms with E-state index in [1.807, 2.05) is 45.0 Å². The maximum absolute atomic E-state index is 13.8. The molecule has 3 aromatic carbocycles. The minimum atomic E-state index is -0.889. The molecule has 1 fully saturated rings. The second-order valence-corrected chi connectivity index (χ2v) is 14.0. The SMILES string of the molecule is CC(=O)c1ccc(Cl)c(-c2cccc(CC(NC(=O)C3CCC(CNC(=O)OC(C)(C)C)CC3)C(=O)Nc3ccc(-c4nn[nH]n4)cc3)c2)c1. The first-order valence-electron chi connectivity index (χ1n) is 16.7. The Morgan fingerprint density at radius 3 is 2.36 bits per heavy atom. The lowest BCUT2D eigenvalue weighted by Crippen LogP contribution is -2.48. The summed E-state index contributed by atoms with van der Waals surface area (Å²) in [6.07, 6.45) is 2.57. The Bertz CT molecular complexity index is 1810. The molecule has 4 N–H and O–H groups in total. The molecule has 1 aromatic heterocycles. The molecule has 1 heterocycles. The highest BCUT2D eigenvalue weighted by Crippen LogP contribution is 2.31. The van der Waals surface area contributed by atoms with Crippen LogP contribution in [0.15, 0.2) is 66.7 Å². The number of ketones is 1. The number of aromatic nitrogens is 4. The van der Waals surface area contributed by atoms with Crippen LogP contribution < -0.4 is 16.0 Å². The van der Waals surface area contributed by atoms with Crippen molar-refractivity contribution < 1.29 is 23.9 Å². The van der Waals surface area contributed by atoms with Crippen LogP contribution in [-0.2, 0) is 20.7 Å². The highest BCUT2D eigenvalue weighted by Gasteiger charge is 2.30. The molecule has 0 radical (unpaired) electrons. The van der Waals surface area contributed by atoms with E-state index in [2.05, 4.69) is 36.6 Å². The van der Waals surface area contributed by atoms with Crippen LogP contribution >= 0.6 is 11.6 Å². The number of amides is 3. The molecule has 1 aliphatic carbocycles. The van der Waals surface area contributed by atoms with Crippen LogP contribution in [0.3, 0.4) is 0 Å². The number of hydrogen-bond acceptors (Lipinski definition) is 8. The maximum Gasteiger partial charge on any atom is 0.407 e. The zero-order valence-electron chi connectivity index (χ0n) is 28.6. The van der Waals surface area contributed by atoms with Crippen LogP contribution in [0.2, 0.25) is 5.02 Å². The van der Waals surface area contributed by atoms with E-state index in [4.69, 9.17) is 16.3 Å². The summed E-state index contributed by atoms with van der Waals surface area (Å²) in [5.41, 5.74) is 3.53. The summed E-state index contributed by atoms with van der Waals surface area (Å²) in [5, 5.41) is 23.3. The number of Topliss-reactive ketones (excluding diaryl/α,β-unsaturated/α-hetero) is 1. The average molecular weight is 700 g/mol. The number of hydrogen-bond donors (Lipinski definition) is 4. The van der Waals surface area contributed by atoms with Gasteiger partial charge in [0.05, 0.1) is 0 Å². The molecule has 1 unspecified atom stereocenters. The molecule has 1 saturated carbocycles. The Hall–Kier alpha value is -5.10. The standard InChI is InChI=1S/C37H42ClN7O5/c1-22(46)27-14-17-31(38)30(20-27)28-7-5-6-24(18-28)19-32(35(48)40-29-15-12-25(13-16-29)33-42-44-45-43-33)41-34(47)26-10-8-23(9-11-26)21-39-36(49)50-37(2,3)4/h5-7,12-18,20,23,26,32H,8-11,19,21H2,1-4H3,(H,39,49)(H,40,48)(H,41,47)(H,42,43,44,45). The lowest BCUT2D eigenvalue weighted by Gasteiger charge is -2.29. The van der Waals surface area contributed by atoms with Crippen LogP contribution in [0.5, 0.6) is 0 Å². The third-order valence-electron chi connectivity index (χ3n) is 8.59. The van der Waals surface area contributed by atoms with Crippen molar-refractivity contribution in [2.45, 2.75) is 71.4 Å². The molecule has 0 spiro atoms. The number of carbonyl (C=O) groups is 4. The summed E-state index contributed by atoms with van der Waals surface area (Å²) in [5.74, 6) is -0.240. The summed E-state index contributed by atoms with van der Waals surface area (Å²) in [7, 11) is 0. The second-order valence-electron chi connectivity index (χ2n) is 13.6. The van der Waals surface area contributed by atoms with Crippen molar-refractivity contribution in [1.29, 1.82) is 0 Å². The van der Waals surface area contributed by atoms with E-state index in [9.17, 15) is 19.2 Å². The number of rotatable bonds is 11. The van der Waals surface area contributed by atoms with Gasteiger partial charge in [0, 0.05) is 46.3 Å². The van der Waals surface area contributed by atoms with Crippen LogP contribution in [-0.4, -0.2) is 62.5 Å². The van der Waals surface area contributed by atoms with Gasteiger partial charge in [-0.15, -0.1) is 10.2 Å². The Labute approximate surface area is 296 Å². The van der Waals surface area contributed by atoms with Crippen molar-refractivity contribution in [1.82, 2.24) is 31.3 Å². The van der Waals surface area contributed by atoms with Gasteiger partial charge in [0.1, 0.15) is 11.6 Å². The molecule has 262 valence electrons. The first kappa shape index (κ1) is 36.2. The molecule has 3 amide bonds. The Kier molecular flexibility index (Phi) is 11.6. The number of nitrogens with zero attached hydrogens (tertiary/aromatic N) is 3. The van der Waals surface area contributed by atoms with E-state index in [0.717, 1.165) is 29.5 Å². The monoisotopic (exact) mass is 699 g/mol. The first-order chi connectivity index (χ1) is 23.8. The van der Waals surface area contributed by atoms with E-state index in [0.29, 0.717) is 47.0 Å². The number of halogens is 1. The van der Waals surface area contributed by atoms with Crippen LogP contribution in [0.4, 0.5) is 10.5 Å². The van der Waals surface area contributed by atoms with Crippen molar-refractivity contribution in [3.8, 4) is 22.5 Å². The smallest absolute Gasteiger partial charge is 0.407 e. The van der Waals surface area contributed by atoms with Gasteiger partial charge < -0.3 is 20.7 Å². The number of alkyl carbamates (subject to hydrolysis) is 1. The number of carbonyl (C=O) groups excluding carboxylic acids is 4. The van der Waals surface area contributed by atoms with E-state index in [1.54, 1.807) is 42.5 Å². The predicted octanol–water partition coefficient (Wildman–Crippen LogP) is 6.39. The normalized spacial score (nSPS) is 16.6. The number of ether oxygens (including phenoxy) is 1. The first-order valence-corrected chi connectivity index (χ1v) is 17.0. The molecule has 50 heavy (non-hydrogen) atoms. The number of anilines is 1. The number of aromatic amines is 1. The Balaban J connectivity index is 1.29. The van der Waals surface area contributed by atoms with Gasteiger partial charge in [-0.25, -0.2) is 4.79 Å². The van der Waals surface area contributed by atoms with E-state index in [1.165, 1.54) is 6.92 Å². The molecule has 13 heteroatoms. The summed E-state index contributed by atoms with van der Waals surface area (Å²) in [6, 6.07) is 18.8. The quantitative estimate of drug-likeness (QED) is 0.131. The third kappa shape index (κ3) is 9.97. The Morgan fingerprint density at radius 2 is 1.70 bits per heavy atom. The van der Waals surface area contributed by atoms with Gasteiger partial charge in [-0.3, -0.25) is 14.4 Å². The van der Waals surface area contributed by atoms with Crippen molar-refractivity contribution in [2.24, 2.45) is 11.8 Å². The minimum absolute atomic E-state index is 0.0721. The van der Waals surface area contributed by atoms with Crippen LogP contribution in [0, 0.1) is 11.8 Å². The highest BCUT2D eigenvalue weighted by molar-refractivity contribution is 6.33. The van der Waals surface area contributed by atoms with Gasteiger partial charge in [0.2, 0.25) is 17.6 Å². The second kappa shape index (κ2) is 16.1. The molecule has 5 rings (SSSR count). The summed E-state index contributed by atoms with van der Waals surface area (Å²) in [6.45, 7) is 7.44. The summed E-state index contributed by atoms with van der Waals surface area (Å²) >= 11 is 6.53. The maximum atomic E-state index is 13.8. The largest absolute Gasteiger partial charge is 0.444 e. The third-order valence-corrected chi connectivity index (χ3v) is 8.92. The summed E-state index contributed by atoms with van der Waals surface area (Å²) < 4.78 is 5.34. The van der Waals surface area contributed by atoms with Gasteiger partial charge in [-0.1, -0.05) is 35.9 Å². The van der Waals surface area contributed by atoms with Crippen molar-refractivity contribution in [2.75, 3.05) is 11.9 Å². The van der Waals surface area contributed by atoms with Crippen LogP contribution in [0.1, 0.15) is 69.3 Å². The number of tetrazole rings is 1. The molecule has 0 bridgehead atoms. The van der Waals surface area contributed by atoms with E-state index < -0.39 is 17.7 Å². The average Bonchev–Trinajstić information content (AvgIpc) is 3.62. The number of benzene rings is 3. The van der Waals surface area contributed by atoms with Crippen molar-refractivity contribution >= 4 is 41.0 Å². The lowest BCUT2D eigenvalue weighted by atomic mass is 9.81. The van der Waals surface area contributed by atoms with Crippen molar-refractivity contribution in [3.63, 3.8) is 0 Å². The molecule has 12 nitrogen and oxygen atoms in total. The van der Waals surface area contributed by atoms with Gasteiger partial charge >= 0.3 is 6.09 Å². The molecule has 4 aromatic rings. The fourth-order valence-electron chi connectivity index (χ4n) is 5.95. The molecular formula is C37H42ClN7O5. The fourth-order valence-corrected chi connectivity index (χ4v) is 6.18. The van der Waals surface area contributed by atoms with E-state index in [-0.39, 0.29) is 35.9 Å². The fraction of sp³-hybridized carbons (Fsp3) is 0.378. The molecule has 1 atom stereocenters. The van der Waals surface area contributed by atoms with E-state index >= 15 is 0 Å². The van der Waals surface area contributed by atoms with Crippen molar-refractivity contribution in [3.05, 3.63) is 82.9 Å². The zero-order chi connectivity index (χ0) is 35.8.